The predicted molar refractivity (Wildman–Crippen MR) is 110 cm³/mol. The standard InChI is InChI=1S/C22H29N5O/c28-21(20-8-4-12-27(18-20)22-23-10-5-11-24-22)26-16-14-25(15-17-26)13-9-19-6-2-1-3-7-19/h1-3,5-7,10-11,20H,4,8-9,12-18H2. The summed E-state index contributed by atoms with van der Waals surface area (Å²) < 4.78 is 0. The number of piperidine rings is 1. The molecule has 1 aromatic heterocycles. The van der Waals surface area contributed by atoms with Gasteiger partial charge in [-0.05, 0) is 30.9 Å². The highest BCUT2D eigenvalue weighted by molar-refractivity contribution is 5.79. The van der Waals surface area contributed by atoms with Gasteiger partial charge >= 0.3 is 0 Å². The molecule has 148 valence electrons. The molecular weight excluding hydrogens is 350 g/mol. The molecule has 6 nitrogen and oxygen atoms in total. The molecule has 1 unspecified atom stereocenters. The first-order valence-electron chi connectivity index (χ1n) is 10.4. The van der Waals surface area contributed by atoms with E-state index in [1.165, 1.54) is 5.56 Å². The van der Waals surface area contributed by atoms with Gasteiger partial charge in [-0.3, -0.25) is 9.69 Å². The fourth-order valence-corrected chi connectivity index (χ4v) is 4.20. The van der Waals surface area contributed by atoms with Gasteiger partial charge in [0.1, 0.15) is 0 Å². The van der Waals surface area contributed by atoms with Gasteiger partial charge in [0.15, 0.2) is 0 Å². The molecule has 0 N–H and O–H groups in total. The summed E-state index contributed by atoms with van der Waals surface area (Å²) in [6, 6.07) is 12.5. The van der Waals surface area contributed by atoms with Crippen LogP contribution < -0.4 is 4.90 Å². The smallest absolute Gasteiger partial charge is 0.227 e. The van der Waals surface area contributed by atoms with Crippen LogP contribution in [0, 0.1) is 5.92 Å². The molecule has 0 saturated carbocycles. The highest BCUT2D eigenvalue weighted by Gasteiger charge is 2.31. The van der Waals surface area contributed by atoms with Crippen molar-refractivity contribution in [2.45, 2.75) is 19.3 Å². The molecule has 2 aliphatic rings. The molecule has 1 aromatic carbocycles. The number of piperazine rings is 1. The Labute approximate surface area is 167 Å². The van der Waals surface area contributed by atoms with E-state index in [9.17, 15) is 4.79 Å². The lowest BCUT2D eigenvalue weighted by Crippen LogP contribution is -2.52. The van der Waals surface area contributed by atoms with E-state index in [1.54, 1.807) is 12.4 Å². The number of carbonyl (C=O) groups is 1. The molecular formula is C22H29N5O. The Morgan fingerprint density at radius 2 is 1.71 bits per heavy atom. The minimum absolute atomic E-state index is 0.0634. The summed E-state index contributed by atoms with van der Waals surface area (Å²) in [6.45, 7) is 6.35. The molecule has 28 heavy (non-hydrogen) atoms. The van der Waals surface area contributed by atoms with E-state index in [-0.39, 0.29) is 5.92 Å². The van der Waals surface area contributed by atoms with Crippen molar-refractivity contribution in [1.82, 2.24) is 19.8 Å². The Morgan fingerprint density at radius 3 is 2.46 bits per heavy atom. The second-order valence-electron chi connectivity index (χ2n) is 7.74. The molecule has 0 spiro atoms. The van der Waals surface area contributed by atoms with Crippen molar-refractivity contribution in [1.29, 1.82) is 0 Å². The number of nitrogens with zero attached hydrogens (tertiary/aromatic N) is 5. The van der Waals surface area contributed by atoms with Crippen LogP contribution in [0.5, 0.6) is 0 Å². The van der Waals surface area contributed by atoms with E-state index in [2.05, 4.69) is 55.0 Å². The largest absolute Gasteiger partial charge is 0.340 e. The quantitative estimate of drug-likeness (QED) is 0.796. The molecule has 6 heteroatoms. The van der Waals surface area contributed by atoms with Crippen LogP contribution in [0.25, 0.3) is 0 Å². The van der Waals surface area contributed by atoms with Gasteiger partial charge in [-0.2, -0.15) is 0 Å². The number of hydrogen-bond donors (Lipinski definition) is 0. The molecule has 0 aliphatic carbocycles. The van der Waals surface area contributed by atoms with Crippen molar-refractivity contribution in [3.05, 3.63) is 54.4 Å². The van der Waals surface area contributed by atoms with Crippen LogP contribution in [-0.2, 0) is 11.2 Å². The lowest BCUT2D eigenvalue weighted by atomic mass is 9.96. The van der Waals surface area contributed by atoms with E-state index in [0.29, 0.717) is 5.91 Å². The van der Waals surface area contributed by atoms with Crippen LogP contribution in [0.1, 0.15) is 18.4 Å². The SMILES string of the molecule is O=C(C1CCCN(c2ncccn2)C1)N1CCN(CCc2ccccc2)CC1. The molecule has 2 fully saturated rings. The molecule has 1 amide bonds. The summed E-state index contributed by atoms with van der Waals surface area (Å²) in [5, 5.41) is 0. The normalized spacial score (nSPS) is 20.9. The van der Waals surface area contributed by atoms with Gasteiger partial charge in [-0.25, -0.2) is 9.97 Å². The molecule has 3 heterocycles. The van der Waals surface area contributed by atoms with Gasteiger partial charge in [0.05, 0.1) is 5.92 Å². The van der Waals surface area contributed by atoms with Gasteiger partial charge in [0, 0.05) is 58.2 Å². The Balaban J connectivity index is 1.25. The number of benzene rings is 1. The molecule has 0 radical (unpaired) electrons. The Hall–Kier alpha value is -2.47. The molecule has 2 saturated heterocycles. The monoisotopic (exact) mass is 379 g/mol. The first kappa shape index (κ1) is 18.9. The third-order valence-electron chi connectivity index (χ3n) is 5.85. The average molecular weight is 380 g/mol. The van der Waals surface area contributed by atoms with Crippen molar-refractivity contribution >= 4 is 11.9 Å². The van der Waals surface area contributed by atoms with Gasteiger partial charge in [0.2, 0.25) is 11.9 Å². The highest BCUT2D eigenvalue weighted by Crippen LogP contribution is 2.22. The van der Waals surface area contributed by atoms with Crippen molar-refractivity contribution < 1.29 is 4.79 Å². The van der Waals surface area contributed by atoms with Crippen LogP contribution in [0.3, 0.4) is 0 Å². The van der Waals surface area contributed by atoms with Crippen molar-refractivity contribution in [3.63, 3.8) is 0 Å². The van der Waals surface area contributed by atoms with Crippen LogP contribution in [0.4, 0.5) is 5.95 Å². The van der Waals surface area contributed by atoms with Gasteiger partial charge in [-0.15, -0.1) is 0 Å². The van der Waals surface area contributed by atoms with Crippen LogP contribution in [0.15, 0.2) is 48.8 Å². The molecule has 1 atom stereocenters. The van der Waals surface area contributed by atoms with E-state index >= 15 is 0 Å². The van der Waals surface area contributed by atoms with Crippen molar-refractivity contribution in [2.24, 2.45) is 5.92 Å². The number of carbonyl (C=O) groups excluding carboxylic acids is 1. The van der Waals surface area contributed by atoms with Crippen LogP contribution in [-0.4, -0.2) is 71.5 Å². The number of rotatable bonds is 5. The first-order chi connectivity index (χ1) is 13.8. The lowest BCUT2D eigenvalue weighted by Gasteiger charge is -2.39. The third-order valence-corrected chi connectivity index (χ3v) is 5.85. The van der Waals surface area contributed by atoms with Crippen molar-refractivity contribution in [3.8, 4) is 0 Å². The van der Waals surface area contributed by atoms with Crippen LogP contribution >= 0.6 is 0 Å². The Bertz CT molecular complexity index is 746. The van der Waals surface area contributed by atoms with E-state index in [1.807, 2.05) is 6.07 Å². The topological polar surface area (TPSA) is 52.6 Å². The minimum atomic E-state index is 0.0634. The summed E-state index contributed by atoms with van der Waals surface area (Å²) in [7, 11) is 0. The molecule has 2 aliphatic heterocycles. The average Bonchev–Trinajstić information content (AvgIpc) is 2.79. The van der Waals surface area contributed by atoms with Gasteiger partial charge in [0.25, 0.3) is 0 Å². The number of hydrogen-bond acceptors (Lipinski definition) is 5. The zero-order chi connectivity index (χ0) is 19.2. The second kappa shape index (κ2) is 9.15. The maximum atomic E-state index is 13.1. The number of amides is 1. The summed E-state index contributed by atoms with van der Waals surface area (Å²) >= 11 is 0. The van der Waals surface area contributed by atoms with E-state index in [4.69, 9.17) is 0 Å². The summed E-state index contributed by atoms with van der Waals surface area (Å²) in [5.74, 6) is 1.11. The number of aromatic nitrogens is 2. The lowest BCUT2D eigenvalue weighted by molar-refractivity contribution is -0.137. The van der Waals surface area contributed by atoms with E-state index in [0.717, 1.165) is 71.0 Å². The summed E-state index contributed by atoms with van der Waals surface area (Å²) in [5.41, 5.74) is 1.38. The maximum absolute atomic E-state index is 13.1. The minimum Gasteiger partial charge on any atom is -0.340 e. The summed E-state index contributed by atoms with van der Waals surface area (Å²) in [4.78, 5) is 28.4. The zero-order valence-electron chi connectivity index (χ0n) is 16.4. The fraction of sp³-hybridized carbons (Fsp3) is 0.500. The Kier molecular flexibility index (Phi) is 6.17. The maximum Gasteiger partial charge on any atom is 0.227 e. The van der Waals surface area contributed by atoms with Gasteiger partial charge < -0.3 is 9.80 Å². The predicted octanol–water partition coefficient (Wildman–Crippen LogP) is 2.08. The molecule has 4 rings (SSSR count). The third kappa shape index (κ3) is 4.68. The first-order valence-corrected chi connectivity index (χ1v) is 10.4. The van der Waals surface area contributed by atoms with Gasteiger partial charge in [-0.1, -0.05) is 30.3 Å². The number of anilines is 1. The fourth-order valence-electron chi connectivity index (χ4n) is 4.20. The van der Waals surface area contributed by atoms with Crippen LogP contribution in [0.2, 0.25) is 0 Å². The Morgan fingerprint density at radius 1 is 0.964 bits per heavy atom. The molecule has 0 bridgehead atoms. The van der Waals surface area contributed by atoms with E-state index < -0.39 is 0 Å². The van der Waals surface area contributed by atoms with Crippen molar-refractivity contribution in [2.75, 3.05) is 50.7 Å². The summed E-state index contributed by atoms with van der Waals surface area (Å²) in [6.07, 6.45) is 6.59. The zero-order valence-corrected chi connectivity index (χ0v) is 16.4. The molecule has 2 aromatic rings. The second-order valence-corrected chi connectivity index (χ2v) is 7.74. The highest BCUT2D eigenvalue weighted by atomic mass is 16.2.